The van der Waals surface area contributed by atoms with Crippen LogP contribution in [0.2, 0.25) is 0 Å². The lowest BCUT2D eigenvalue weighted by Gasteiger charge is -2.19. The van der Waals surface area contributed by atoms with Crippen molar-refractivity contribution in [1.29, 1.82) is 0 Å². The zero-order chi connectivity index (χ0) is 16.8. The standard InChI is InChI=1S/C18H26N4O/c1-6-15-16(19-10-9-17(15)23-5)8-7-14-11-20-18(21-12(2)3)22-13(14)4/h11H,2,6-10H2,1,3-5H3,(H,20,21,22). The first-order chi connectivity index (χ1) is 11.0. The molecule has 0 atom stereocenters. The Kier molecular flexibility index (Phi) is 5.90. The van der Waals surface area contributed by atoms with Crippen molar-refractivity contribution >= 4 is 11.7 Å². The number of nitrogens with zero attached hydrogens (tertiary/aromatic N) is 3. The lowest BCUT2D eigenvalue weighted by molar-refractivity contribution is 0.273. The van der Waals surface area contributed by atoms with Crippen molar-refractivity contribution in [3.8, 4) is 0 Å². The summed E-state index contributed by atoms with van der Waals surface area (Å²) >= 11 is 0. The number of allylic oxidation sites excluding steroid dienone is 2. The number of aromatic nitrogens is 2. The summed E-state index contributed by atoms with van der Waals surface area (Å²) in [4.78, 5) is 13.5. The molecule has 0 saturated heterocycles. The van der Waals surface area contributed by atoms with E-state index in [-0.39, 0.29) is 0 Å². The molecule has 1 aliphatic heterocycles. The Morgan fingerprint density at radius 3 is 2.78 bits per heavy atom. The van der Waals surface area contributed by atoms with Gasteiger partial charge in [-0.25, -0.2) is 9.97 Å². The summed E-state index contributed by atoms with van der Waals surface area (Å²) in [6.45, 7) is 10.7. The molecule has 0 saturated carbocycles. The van der Waals surface area contributed by atoms with Crippen molar-refractivity contribution < 1.29 is 4.74 Å². The highest BCUT2D eigenvalue weighted by Crippen LogP contribution is 2.23. The van der Waals surface area contributed by atoms with Crippen molar-refractivity contribution in [2.24, 2.45) is 4.99 Å². The van der Waals surface area contributed by atoms with Crippen LogP contribution in [0.1, 0.15) is 44.4 Å². The number of hydrogen-bond acceptors (Lipinski definition) is 5. The number of anilines is 1. The van der Waals surface area contributed by atoms with Crippen molar-refractivity contribution in [3.05, 3.63) is 41.1 Å². The van der Waals surface area contributed by atoms with E-state index in [1.54, 1.807) is 7.11 Å². The summed E-state index contributed by atoms with van der Waals surface area (Å²) in [7, 11) is 1.75. The Bertz CT molecular complexity index is 646. The van der Waals surface area contributed by atoms with Crippen LogP contribution in [-0.4, -0.2) is 29.3 Å². The molecule has 1 aliphatic rings. The van der Waals surface area contributed by atoms with Gasteiger partial charge in [0.05, 0.1) is 7.11 Å². The number of aliphatic imine (C=N–C) groups is 1. The van der Waals surface area contributed by atoms with Crippen LogP contribution in [0.3, 0.4) is 0 Å². The van der Waals surface area contributed by atoms with Crippen LogP contribution >= 0.6 is 0 Å². The van der Waals surface area contributed by atoms with E-state index in [1.807, 2.05) is 20.0 Å². The van der Waals surface area contributed by atoms with E-state index in [1.165, 1.54) is 11.3 Å². The topological polar surface area (TPSA) is 59.4 Å². The highest BCUT2D eigenvalue weighted by atomic mass is 16.5. The highest BCUT2D eigenvalue weighted by Gasteiger charge is 2.17. The van der Waals surface area contributed by atoms with Crippen molar-refractivity contribution in [1.82, 2.24) is 9.97 Å². The summed E-state index contributed by atoms with van der Waals surface area (Å²) < 4.78 is 5.51. The number of rotatable bonds is 7. The first-order valence-electron chi connectivity index (χ1n) is 8.09. The van der Waals surface area contributed by atoms with Crippen molar-refractivity contribution in [2.45, 2.75) is 46.5 Å². The Morgan fingerprint density at radius 2 is 2.17 bits per heavy atom. The van der Waals surface area contributed by atoms with Gasteiger partial charge in [-0.05, 0) is 38.7 Å². The summed E-state index contributed by atoms with van der Waals surface area (Å²) in [6, 6.07) is 0. The SMILES string of the molecule is C=C(C)Nc1ncc(CCC2=NCCC(OC)=C2CC)c(C)n1. The second kappa shape index (κ2) is 7.90. The molecular formula is C18H26N4O. The smallest absolute Gasteiger partial charge is 0.227 e. The minimum atomic E-state index is 0.601. The van der Waals surface area contributed by atoms with Crippen LogP contribution in [-0.2, 0) is 11.2 Å². The van der Waals surface area contributed by atoms with Crippen LogP contribution in [0.25, 0.3) is 0 Å². The van der Waals surface area contributed by atoms with Gasteiger partial charge in [0, 0.05) is 41.8 Å². The summed E-state index contributed by atoms with van der Waals surface area (Å²) in [5.74, 6) is 1.69. The molecule has 5 nitrogen and oxygen atoms in total. The molecule has 5 heteroatoms. The summed E-state index contributed by atoms with van der Waals surface area (Å²) in [5.41, 5.74) is 5.41. The van der Waals surface area contributed by atoms with E-state index >= 15 is 0 Å². The van der Waals surface area contributed by atoms with Crippen molar-refractivity contribution in [3.63, 3.8) is 0 Å². The Labute approximate surface area is 138 Å². The number of dihydropyridines is 1. The van der Waals surface area contributed by atoms with Gasteiger partial charge < -0.3 is 10.1 Å². The first kappa shape index (κ1) is 17.2. The molecule has 1 N–H and O–H groups in total. The normalized spacial score (nSPS) is 14.5. The van der Waals surface area contributed by atoms with E-state index in [2.05, 4.69) is 28.8 Å². The average Bonchev–Trinajstić information content (AvgIpc) is 2.53. The van der Waals surface area contributed by atoms with Crippen LogP contribution in [0, 0.1) is 6.92 Å². The quantitative estimate of drug-likeness (QED) is 0.831. The summed E-state index contributed by atoms with van der Waals surface area (Å²) in [5, 5.41) is 3.04. The molecule has 0 fully saturated rings. The maximum Gasteiger partial charge on any atom is 0.227 e. The maximum absolute atomic E-state index is 5.51. The van der Waals surface area contributed by atoms with Gasteiger partial charge >= 0.3 is 0 Å². The molecule has 0 radical (unpaired) electrons. The van der Waals surface area contributed by atoms with E-state index in [0.29, 0.717) is 5.95 Å². The molecule has 124 valence electrons. The Balaban J connectivity index is 2.07. The Hall–Kier alpha value is -2.17. The van der Waals surface area contributed by atoms with Gasteiger partial charge in [-0.1, -0.05) is 13.5 Å². The number of nitrogens with one attached hydrogen (secondary N) is 1. The van der Waals surface area contributed by atoms with Gasteiger partial charge in [-0.2, -0.15) is 0 Å². The highest BCUT2D eigenvalue weighted by molar-refractivity contribution is 6.01. The lowest BCUT2D eigenvalue weighted by atomic mass is 9.96. The lowest BCUT2D eigenvalue weighted by Crippen LogP contribution is -2.15. The molecule has 0 unspecified atom stereocenters. The second-order valence-corrected chi connectivity index (χ2v) is 5.75. The van der Waals surface area contributed by atoms with Crippen LogP contribution in [0.4, 0.5) is 5.95 Å². The summed E-state index contributed by atoms with van der Waals surface area (Å²) in [6.07, 6.45) is 5.54. The van der Waals surface area contributed by atoms with Gasteiger partial charge in [-0.3, -0.25) is 4.99 Å². The molecule has 0 aromatic carbocycles. The molecule has 2 rings (SSSR count). The molecule has 2 heterocycles. The largest absolute Gasteiger partial charge is 0.501 e. The van der Waals surface area contributed by atoms with Gasteiger partial charge in [0.25, 0.3) is 0 Å². The molecule has 0 bridgehead atoms. The third-order valence-electron chi connectivity index (χ3n) is 3.96. The predicted octanol–water partition coefficient (Wildman–Crippen LogP) is 3.82. The van der Waals surface area contributed by atoms with Crippen LogP contribution < -0.4 is 5.32 Å². The third-order valence-corrected chi connectivity index (χ3v) is 3.96. The van der Waals surface area contributed by atoms with E-state index in [4.69, 9.17) is 9.73 Å². The monoisotopic (exact) mass is 314 g/mol. The van der Waals surface area contributed by atoms with Crippen LogP contribution in [0.5, 0.6) is 0 Å². The zero-order valence-electron chi connectivity index (χ0n) is 14.6. The van der Waals surface area contributed by atoms with E-state index in [9.17, 15) is 0 Å². The third kappa shape index (κ3) is 4.41. The predicted molar refractivity (Wildman–Crippen MR) is 94.8 cm³/mol. The molecule has 0 spiro atoms. The minimum absolute atomic E-state index is 0.601. The van der Waals surface area contributed by atoms with Gasteiger partial charge in [0.1, 0.15) is 5.76 Å². The number of ether oxygens (including phenoxy) is 1. The zero-order valence-corrected chi connectivity index (χ0v) is 14.6. The maximum atomic E-state index is 5.51. The van der Waals surface area contributed by atoms with E-state index < -0.39 is 0 Å². The first-order valence-corrected chi connectivity index (χ1v) is 8.09. The number of hydrogen-bond donors (Lipinski definition) is 1. The molecule has 23 heavy (non-hydrogen) atoms. The Morgan fingerprint density at radius 1 is 1.39 bits per heavy atom. The minimum Gasteiger partial charge on any atom is -0.501 e. The fraction of sp³-hybridized carbons (Fsp3) is 0.500. The molecular weight excluding hydrogens is 288 g/mol. The molecule has 0 aliphatic carbocycles. The average molecular weight is 314 g/mol. The van der Waals surface area contributed by atoms with Gasteiger partial charge in [0.15, 0.2) is 0 Å². The second-order valence-electron chi connectivity index (χ2n) is 5.75. The fourth-order valence-corrected chi connectivity index (χ4v) is 2.80. The molecule has 1 aromatic heterocycles. The fourth-order valence-electron chi connectivity index (χ4n) is 2.80. The number of methoxy groups -OCH3 is 1. The van der Waals surface area contributed by atoms with Crippen molar-refractivity contribution in [2.75, 3.05) is 19.0 Å². The van der Waals surface area contributed by atoms with Gasteiger partial charge in [-0.15, -0.1) is 0 Å². The van der Waals surface area contributed by atoms with E-state index in [0.717, 1.165) is 54.9 Å². The molecule has 1 aromatic rings. The molecule has 0 amide bonds. The van der Waals surface area contributed by atoms with Gasteiger partial charge in [0.2, 0.25) is 5.95 Å². The van der Waals surface area contributed by atoms with Crippen LogP contribution in [0.15, 0.2) is 34.8 Å². The number of aryl methyl sites for hydroxylation is 2.